The van der Waals surface area contributed by atoms with Crippen molar-refractivity contribution in [3.8, 4) is 5.75 Å². The van der Waals surface area contributed by atoms with Crippen molar-refractivity contribution in [2.24, 2.45) is 0 Å². The van der Waals surface area contributed by atoms with Gasteiger partial charge < -0.3 is 10.4 Å². The van der Waals surface area contributed by atoms with Crippen LogP contribution in [0.3, 0.4) is 0 Å². The maximum atomic E-state index is 12.1. The molecule has 0 fully saturated rings. The topological polar surface area (TPSA) is 80.0 Å². The third kappa shape index (κ3) is 5.17. The summed E-state index contributed by atoms with van der Waals surface area (Å²) in [4.78, 5) is 12.1. The molecule has 1 aromatic heterocycles. The molecule has 0 saturated carbocycles. The van der Waals surface area contributed by atoms with Crippen molar-refractivity contribution in [1.82, 2.24) is 20.3 Å². The summed E-state index contributed by atoms with van der Waals surface area (Å²) in [6.45, 7) is 1.23. The maximum Gasteiger partial charge on any atom is 0.273 e. The van der Waals surface area contributed by atoms with Crippen LogP contribution in [0.15, 0.2) is 60.8 Å². The molecule has 3 rings (SSSR count). The SMILES string of the molecule is O=C(NCCc1ccc(O)cc1)c1cn(CCCc2ccccc2)nn1. The summed E-state index contributed by atoms with van der Waals surface area (Å²) in [5.74, 6) is 0.0137. The van der Waals surface area contributed by atoms with Gasteiger partial charge in [0, 0.05) is 13.1 Å². The highest BCUT2D eigenvalue weighted by atomic mass is 16.3. The number of phenolic OH excluding ortho intramolecular Hbond substituents is 1. The van der Waals surface area contributed by atoms with E-state index in [9.17, 15) is 9.90 Å². The lowest BCUT2D eigenvalue weighted by Crippen LogP contribution is -2.26. The Hall–Kier alpha value is -3.15. The molecular formula is C20H22N4O2. The number of hydrogen-bond acceptors (Lipinski definition) is 4. The average Bonchev–Trinajstić information content (AvgIpc) is 3.13. The van der Waals surface area contributed by atoms with E-state index in [4.69, 9.17) is 0 Å². The Balaban J connectivity index is 1.41. The van der Waals surface area contributed by atoms with Gasteiger partial charge in [0.1, 0.15) is 5.75 Å². The fraction of sp³-hybridized carbons (Fsp3) is 0.250. The lowest BCUT2D eigenvalue weighted by molar-refractivity contribution is 0.0949. The summed E-state index contributed by atoms with van der Waals surface area (Å²) in [6, 6.07) is 17.2. The molecule has 0 bridgehead atoms. The predicted octanol–water partition coefficient (Wildman–Crippen LogP) is 2.59. The number of hydrogen-bond donors (Lipinski definition) is 2. The molecule has 6 nitrogen and oxygen atoms in total. The van der Waals surface area contributed by atoms with Crippen LogP contribution in [-0.2, 0) is 19.4 Å². The number of benzene rings is 2. The molecular weight excluding hydrogens is 328 g/mol. The Morgan fingerprint density at radius 1 is 1.00 bits per heavy atom. The second-order valence-electron chi connectivity index (χ2n) is 6.13. The smallest absolute Gasteiger partial charge is 0.273 e. The zero-order valence-corrected chi connectivity index (χ0v) is 14.5. The second-order valence-corrected chi connectivity index (χ2v) is 6.13. The molecule has 26 heavy (non-hydrogen) atoms. The first-order valence-corrected chi connectivity index (χ1v) is 8.71. The lowest BCUT2D eigenvalue weighted by Gasteiger charge is -2.03. The zero-order valence-electron chi connectivity index (χ0n) is 14.5. The summed E-state index contributed by atoms with van der Waals surface area (Å²) in [5, 5.41) is 20.1. The Morgan fingerprint density at radius 3 is 2.50 bits per heavy atom. The van der Waals surface area contributed by atoms with E-state index in [0.717, 1.165) is 24.9 Å². The number of aryl methyl sites for hydroxylation is 2. The fourth-order valence-electron chi connectivity index (χ4n) is 2.68. The van der Waals surface area contributed by atoms with Crippen LogP contribution in [0.1, 0.15) is 28.0 Å². The number of nitrogens with zero attached hydrogens (tertiary/aromatic N) is 3. The first-order chi connectivity index (χ1) is 12.7. The zero-order chi connectivity index (χ0) is 18.2. The molecule has 0 aliphatic heterocycles. The molecule has 0 unspecified atom stereocenters. The molecule has 0 atom stereocenters. The number of phenols is 1. The second kappa shape index (κ2) is 8.80. The average molecular weight is 350 g/mol. The minimum Gasteiger partial charge on any atom is -0.508 e. The molecule has 0 saturated heterocycles. The number of aromatic nitrogens is 3. The molecule has 2 aromatic carbocycles. The van der Waals surface area contributed by atoms with Crippen molar-refractivity contribution in [2.45, 2.75) is 25.8 Å². The molecule has 134 valence electrons. The van der Waals surface area contributed by atoms with Gasteiger partial charge in [0.05, 0.1) is 6.20 Å². The summed E-state index contributed by atoms with van der Waals surface area (Å²) >= 11 is 0. The summed E-state index contributed by atoms with van der Waals surface area (Å²) < 4.78 is 1.71. The van der Waals surface area contributed by atoms with Crippen LogP contribution < -0.4 is 5.32 Å². The van der Waals surface area contributed by atoms with Crippen LogP contribution >= 0.6 is 0 Å². The highest BCUT2D eigenvalue weighted by Crippen LogP contribution is 2.09. The number of rotatable bonds is 8. The van der Waals surface area contributed by atoms with Crippen LogP contribution in [0, 0.1) is 0 Å². The maximum absolute atomic E-state index is 12.1. The highest BCUT2D eigenvalue weighted by Gasteiger charge is 2.10. The summed E-state index contributed by atoms with van der Waals surface area (Å²) in [6.07, 6.45) is 4.28. The van der Waals surface area contributed by atoms with E-state index < -0.39 is 0 Å². The number of aromatic hydroxyl groups is 1. The monoisotopic (exact) mass is 350 g/mol. The van der Waals surface area contributed by atoms with Gasteiger partial charge in [0.25, 0.3) is 5.91 Å². The van der Waals surface area contributed by atoms with Crippen LogP contribution in [0.4, 0.5) is 0 Å². The van der Waals surface area contributed by atoms with Crippen molar-refractivity contribution in [3.05, 3.63) is 77.6 Å². The van der Waals surface area contributed by atoms with Crippen molar-refractivity contribution >= 4 is 5.91 Å². The minimum absolute atomic E-state index is 0.224. The molecule has 6 heteroatoms. The van der Waals surface area contributed by atoms with Crippen molar-refractivity contribution < 1.29 is 9.90 Å². The van der Waals surface area contributed by atoms with Gasteiger partial charge in [0.2, 0.25) is 0 Å². The number of carbonyl (C=O) groups is 1. The molecule has 0 spiro atoms. The molecule has 3 aromatic rings. The standard InChI is InChI=1S/C20H22N4O2/c25-18-10-8-17(9-11-18)12-13-21-20(26)19-15-24(23-22-19)14-4-7-16-5-2-1-3-6-16/h1-3,5-6,8-11,15,25H,4,7,12-14H2,(H,21,26). The van der Waals surface area contributed by atoms with Crippen LogP contribution in [-0.4, -0.2) is 32.6 Å². The normalized spacial score (nSPS) is 10.6. The van der Waals surface area contributed by atoms with E-state index in [1.165, 1.54) is 5.56 Å². The van der Waals surface area contributed by atoms with Gasteiger partial charge in [-0.05, 0) is 42.5 Å². The number of amides is 1. The molecule has 0 aliphatic carbocycles. The lowest BCUT2D eigenvalue weighted by atomic mass is 10.1. The van der Waals surface area contributed by atoms with E-state index in [0.29, 0.717) is 18.7 Å². The van der Waals surface area contributed by atoms with Gasteiger partial charge in [-0.25, -0.2) is 0 Å². The van der Waals surface area contributed by atoms with Crippen molar-refractivity contribution in [1.29, 1.82) is 0 Å². The first kappa shape index (κ1) is 17.7. The fourth-order valence-corrected chi connectivity index (χ4v) is 2.68. The number of nitrogens with one attached hydrogen (secondary N) is 1. The van der Waals surface area contributed by atoms with E-state index in [-0.39, 0.29) is 11.7 Å². The minimum atomic E-state index is -0.224. The van der Waals surface area contributed by atoms with E-state index in [1.807, 2.05) is 30.3 Å². The summed E-state index contributed by atoms with van der Waals surface area (Å²) in [5.41, 5.74) is 2.67. The van der Waals surface area contributed by atoms with Gasteiger partial charge >= 0.3 is 0 Å². The van der Waals surface area contributed by atoms with Crippen molar-refractivity contribution in [3.63, 3.8) is 0 Å². The molecule has 0 aliphatic rings. The van der Waals surface area contributed by atoms with Crippen LogP contribution in [0.2, 0.25) is 0 Å². The van der Waals surface area contributed by atoms with E-state index >= 15 is 0 Å². The highest BCUT2D eigenvalue weighted by molar-refractivity contribution is 5.91. The van der Waals surface area contributed by atoms with Crippen LogP contribution in [0.25, 0.3) is 0 Å². The van der Waals surface area contributed by atoms with E-state index in [1.54, 1.807) is 23.0 Å². The van der Waals surface area contributed by atoms with Gasteiger partial charge in [0.15, 0.2) is 5.69 Å². The van der Waals surface area contributed by atoms with E-state index in [2.05, 4.69) is 27.8 Å². The first-order valence-electron chi connectivity index (χ1n) is 8.71. The van der Waals surface area contributed by atoms with Crippen LogP contribution in [0.5, 0.6) is 5.75 Å². The third-order valence-corrected chi connectivity index (χ3v) is 4.10. The Kier molecular flexibility index (Phi) is 5.98. The van der Waals surface area contributed by atoms with Gasteiger partial charge in [-0.3, -0.25) is 9.48 Å². The Labute approximate surface area is 152 Å². The van der Waals surface area contributed by atoms with Gasteiger partial charge in [-0.2, -0.15) is 0 Å². The Bertz CT molecular complexity index is 829. The number of carbonyl (C=O) groups excluding carboxylic acids is 1. The quantitative estimate of drug-likeness (QED) is 0.654. The van der Waals surface area contributed by atoms with Crippen molar-refractivity contribution in [2.75, 3.05) is 6.54 Å². The van der Waals surface area contributed by atoms with Gasteiger partial charge in [-0.1, -0.05) is 47.7 Å². The summed E-state index contributed by atoms with van der Waals surface area (Å²) in [7, 11) is 0. The molecule has 2 N–H and O–H groups in total. The predicted molar refractivity (Wildman–Crippen MR) is 98.9 cm³/mol. The van der Waals surface area contributed by atoms with Gasteiger partial charge in [-0.15, -0.1) is 5.10 Å². The molecule has 0 radical (unpaired) electrons. The third-order valence-electron chi connectivity index (χ3n) is 4.10. The molecule has 1 heterocycles. The Morgan fingerprint density at radius 2 is 1.73 bits per heavy atom. The molecule has 1 amide bonds. The largest absolute Gasteiger partial charge is 0.508 e.